The van der Waals surface area contributed by atoms with Gasteiger partial charge < -0.3 is 0 Å². The first-order chi connectivity index (χ1) is 19.0. The van der Waals surface area contributed by atoms with Gasteiger partial charge in [-0.1, -0.05) is 62.7 Å². The fourth-order valence-electron chi connectivity index (χ4n) is 4.92. The van der Waals surface area contributed by atoms with E-state index in [1.165, 1.54) is 0 Å². The quantitative estimate of drug-likeness (QED) is 0.258. The molecule has 0 spiro atoms. The van der Waals surface area contributed by atoms with Crippen LogP contribution in [0.5, 0.6) is 0 Å². The van der Waals surface area contributed by atoms with Gasteiger partial charge in [0, 0.05) is 29.2 Å². The average Bonchev–Trinajstić information content (AvgIpc) is 3.61. The summed E-state index contributed by atoms with van der Waals surface area (Å²) < 4.78 is 3.50. The summed E-state index contributed by atoms with van der Waals surface area (Å²) in [6.07, 6.45) is 7.12. The van der Waals surface area contributed by atoms with Crippen molar-refractivity contribution in [3.63, 3.8) is 0 Å². The maximum absolute atomic E-state index is 13.8. The third kappa shape index (κ3) is 5.20. The van der Waals surface area contributed by atoms with E-state index in [9.17, 15) is 9.59 Å². The minimum absolute atomic E-state index is 0.0541. The van der Waals surface area contributed by atoms with Crippen LogP contribution in [0.2, 0.25) is 0 Å². The number of hydrogen-bond donors (Lipinski definition) is 1. The number of para-hydroxylation sites is 1. The van der Waals surface area contributed by atoms with Gasteiger partial charge in [0.25, 0.3) is 0 Å². The molecule has 9 heteroatoms. The largest absolute Gasteiger partial charge is 0.333 e. The van der Waals surface area contributed by atoms with Crippen molar-refractivity contribution in [3.05, 3.63) is 99.9 Å². The molecule has 5 rings (SSSR count). The summed E-state index contributed by atoms with van der Waals surface area (Å²) in [5.41, 5.74) is 6.59. The molecule has 3 aromatic heterocycles. The van der Waals surface area contributed by atoms with Crippen molar-refractivity contribution < 1.29 is 4.79 Å². The Morgan fingerprint density at radius 1 is 1.03 bits per heavy atom. The fraction of sp³-hybridized carbons (Fsp3) is 0.267. The van der Waals surface area contributed by atoms with Crippen molar-refractivity contribution in [2.75, 3.05) is 0 Å². The molecule has 0 saturated heterocycles. The molecule has 0 aliphatic rings. The van der Waals surface area contributed by atoms with Gasteiger partial charge in [-0.25, -0.2) is 9.89 Å². The maximum atomic E-state index is 13.8. The van der Waals surface area contributed by atoms with E-state index >= 15 is 0 Å². The van der Waals surface area contributed by atoms with E-state index in [1.807, 2.05) is 66.2 Å². The Balaban J connectivity index is 1.53. The van der Waals surface area contributed by atoms with Gasteiger partial charge in [0.1, 0.15) is 5.69 Å². The number of tetrazole rings is 1. The van der Waals surface area contributed by atoms with E-state index in [1.54, 1.807) is 23.8 Å². The van der Waals surface area contributed by atoms with E-state index in [-0.39, 0.29) is 11.5 Å². The highest BCUT2D eigenvalue weighted by atomic mass is 16.2. The van der Waals surface area contributed by atoms with Crippen LogP contribution in [0.3, 0.4) is 0 Å². The number of aryl methyl sites for hydroxylation is 2. The lowest BCUT2D eigenvalue weighted by Gasteiger charge is -2.12. The molecule has 0 amide bonds. The second-order valence-electron chi connectivity index (χ2n) is 9.53. The Morgan fingerprint density at radius 3 is 2.54 bits per heavy atom. The minimum atomic E-state index is -0.138. The molecule has 0 unspecified atom stereocenters. The zero-order valence-corrected chi connectivity index (χ0v) is 22.4. The molecule has 0 saturated carbocycles. The van der Waals surface area contributed by atoms with Crippen molar-refractivity contribution in [2.45, 2.75) is 53.0 Å². The molecule has 0 radical (unpaired) electrons. The number of benzene rings is 2. The number of nitrogens with one attached hydrogen (secondary N) is 1. The number of aromatic nitrogens is 7. The molecule has 0 aliphatic carbocycles. The summed E-state index contributed by atoms with van der Waals surface area (Å²) in [5.74, 6) is 0.446. The number of aromatic amines is 1. The van der Waals surface area contributed by atoms with Gasteiger partial charge in [0.2, 0.25) is 0 Å². The SMILES string of the molecule is CCCCc1cn(-c2c(CC)cccc2C(C)=O)c(=O)n1Cc1ccc(-c2cccnc2-c2nnn[nH]2)cc1. The number of carbonyl (C=O) groups is 1. The number of imidazole rings is 1. The summed E-state index contributed by atoms with van der Waals surface area (Å²) in [4.78, 5) is 30.8. The normalized spacial score (nSPS) is 11.2. The predicted molar refractivity (Wildman–Crippen MR) is 150 cm³/mol. The van der Waals surface area contributed by atoms with Crippen LogP contribution in [0.15, 0.2) is 71.8 Å². The smallest absolute Gasteiger partial charge is 0.294 e. The number of nitrogens with zero attached hydrogens (tertiary/aromatic N) is 6. The first-order valence-corrected chi connectivity index (χ1v) is 13.2. The molecule has 1 N–H and O–H groups in total. The maximum Gasteiger partial charge on any atom is 0.333 e. The van der Waals surface area contributed by atoms with Gasteiger partial charge in [-0.15, -0.1) is 5.10 Å². The number of ketones is 1. The summed E-state index contributed by atoms with van der Waals surface area (Å²) in [5, 5.41) is 14.1. The number of hydrogen-bond acceptors (Lipinski definition) is 6. The number of carbonyl (C=O) groups excluding carboxylic acids is 1. The lowest BCUT2D eigenvalue weighted by molar-refractivity contribution is 0.101. The van der Waals surface area contributed by atoms with Gasteiger partial charge in [-0.3, -0.25) is 18.9 Å². The van der Waals surface area contributed by atoms with Gasteiger partial charge in [0.15, 0.2) is 11.6 Å². The van der Waals surface area contributed by atoms with Crippen molar-refractivity contribution >= 4 is 5.78 Å². The van der Waals surface area contributed by atoms with Crippen molar-refractivity contribution in [1.29, 1.82) is 0 Å². The lowest BCUT2D eigenvalue weighted by atomic mass is 10.0. The Bertz CT molecular complexity index is 1650. The number of rotatable bonds is 10. The Labute approximate surface area is 226 Å². The van der Waals surface area contributed by atoms with E-state index in [2.05, 4.69) is 32.5 Å². The molecular formula is C30H31N7O2. The molecule has 0 fully saturated rings. The van der Waals surface area contributed by atoms with E-state index in [0.717, 1.165) is 53.6 Å². The second-order valence-corrected chi connectivity index (χ2v) is 9.53. The van der Waals surface area contributed by atoms with Gasteiger partial charge >= 0.3 is 5.69 Å². The first-order valence-electron chi connectivity index (χ1n) is 13.2. The van der Waals surface area contributed by atoms with Crippen molar-refractivity contribution in [1.82, 2.24) is 34.7 Å². The van der Waals surface area contributed by atoms with Crippen LogP contribution < -0.4 is 5.69 Å². The third-order valence-corrected chi connectivity index (χ3v) is 6.95. The van der Waals surface area contributed by atoms with E-state index < -0.39 is 0 Å². The summed E-state index contributed by atoms with van der Waals surface area (Å²) in [6, 6.07) is 17.6. The fourth-order valence-corrected chi connectivity index (χ4v) is 4.92. The third-order valence-electron chi connectivity index (χ3n) is 6.95. The molecule has 9 nitrogen and oxygen atoms in total. The predicted octanol–water partition coefficient (Wildman–Crippen LogP) is 5.04. The Hall–Kier alpha value is -4.66. The van der Waals surface area contributed by atoms with Crippen LogP contribution in [-0.2, 0) is 19.4 Å². The Morgan fingerprint density at radius 2 is 1.85 bits per heavy atom. The highest BCUT2D eigenvalue weighted by Crippen LogP contribution is 2.28. The first kappa shape index (κ1) is 26.0. The molecule has 0 atom stereocenters. The molecule has 2 aromatic carbocycles. The molecule has 3 heterocycles. The van der Waals surface area contributed by atoms with Gasteiger partial charge in [-0.05, 0) is 65.4 Å². The number of pyridine rings is 1. The van der Waals surface area contributed by atoms with Gasteiger partial charge in [0.05, 0.1) is 12.2 Å². The number of Topliss-reactive ketones (excluding diaryl/α,β-unsaturated/α-hetero) is 1. The average molecular weight is 522 g/mol. The highest BCUT2D eigenvalue weighted by Gasteiger charge is 2.19. The summed E-state index contributed by atoms with van der Waals surface area (Å²) in [6.45, 7) is 6.16. The van der Waals surface area contributed by atoms with Crippen LogP contribution in [0, 0.1) is 0 Å². The van der Waals surface area contributed by atoms with Crippen LogP contribution >= 0.6 is 0 Å². The van der Waals surface area contributed by atoms with Crippen molar-refractivity contribution in [3.8, 4) is 28.3 Å². The van der Waals surface area contributed by atoms with Crippen LogP contribution in [0.1, 0.15) is 60.8 Å². The molecule has 198 valence electrons. The molecule has 39 heavy (non-hydrogen) atoms. The molecule has 0 aliphatic heterocycles. The van der Waals surface area contributed by atoms with Crippen LogP contribution in [0.25, 0.3) is 28.3 Å². The zero-order valence-electron chi connectivity index (χ0n) is 22.4. The van der Waals surface area contributed by atoms with Crippen molar-refractivity contribution in [2.24, 2.45) is 0 Å². The summed E-state index contributed by atoms with van der Waals surface area (Å²) >= 11 is 0. The number of H-pyrrole nitrogens is 1. The molecule has 0 bridgehead atoms. The topological polar surface area (TPSA) is 111 Å². The Kier molecular flexibility index (Phi) is 7.58. The molecular weight excluding hydrogens is 490 g/mol. The van der Waals surface area contributed by atoms with Gasteiger partial charge in [-0.2, -0.15) is 0 Å². The second kappa shape index (κ2) is 11.4. The summed E-state index contributed by atoms with van der Waals surface area (Å²) in [7, 11) is 0. The molecule has 5 aromatic rings. The lowest BCUT2D eigenvalue weighted by Crippen LogP contribution is -2.26. The number of unbranched alkanes of at least 4 members (excludes halogenated alkanes) is 1. The highest BCUT2D eigenvalue weighted by molar-refractivity contribution is 5.98. The van der Waals surface area contributed by atoms with E-state index in [0.29, 0.717) is 29.3 Å². The zero-order chi connectivity index (χ0) is 27.4. The van der Waals surface area contributed by atoms with Crippen LogP contribution in [0.4, 0.5) is 0 Å². The van der Waals surface area contributed by atoms with E-state index in [4.69, 9.17) is 0 Å². The minimum Gasteiger partial charge on any atom is -0.294 e. The van der Waals surface area contributed by atoms with Crippen LogP contribution in [-0.4, -0.2) is 40.5 Å². The monoisotopic (exact) mass is 521 g/mol. The standard InChI is InChI=1S/C30H31N7O2/c1-4-6-10-24-19-37(28-22(5-2)9-7-11-25(28)20(3)38)30(39)36(24)18-21-13-15-23(16-14-21)26-12-8-17-31-27(26)29-32-34-35-33-29/h7-9,11-17,19H,4-6,10,18H2,1-3H3,(H,32,33,34,35).